The SMILES string of the molecule is O=CNCCN(CCCc1ccccc1)C(=O)c1ccc(-c2cccc3cccnc23)c(F)c1. The molecule has 172 valence electrons. The Kier molecular flexibility index (Phi) is 7.60. The number of hydrogen-bond donors (Lipinski definition) is 1. The van der Waals surface area contributed by atoms with Crippen molar-refractivity contribution in [3.63, 3.8) is 0 Å². The van der Waals surface area contributed by atoms with Crippen molar-refractivity contribution < 1.29 is 14.0 Å². The van der Waals surface area contributed by atoms with Crippen LogP contribution in [0.15, 0.2) is 85.1 Å². The standard InChI is InChI=1S/C28H26FN3O2/c29-26-19-23(13-14-24(26)25-12-4-10-22-11-5-15-31-27(22)25)28(34)32(18-16-30-20-33)17-6-9-21-7-2-1-3-8-21/h1-5,7-8,10-15,19-20H,6,9,16-18H2,(H,30,33). The summed E-state index contributed by atoms with van der Waals surface area (Å²) in [6.45, 7) is 1.19. The number of rotatable bonds is 10. The van der Waals surface area contributed by atoms with E-state index in [1.807, 2.05) is 48.5 Å². The van der Waals surface area contributed by atoms with E-state index in [9.17, 15) is 9.59 Å². The smallest absolute Gasteiger partial charge is 0.254 e. The van der Waals surface area contributed by atoms with Crippen molar-refractivity contribution in [3.05, 3.63) is 102 Å². The molecule has 4 rings (SSSR count). The van der Waals surface area contributed by atoms with Gasteiger partial charge in [0.15, 0.2) is 0 Å². The van der Waals surface area contributed by atoms with Crippen LogP contribution in [0.3, 0.4) is 0 Å². The van der Waals surface area contributed by atoms with E-state index in [-0.39, 0.29) is 11.5 Å². The summed E-state index contributed by atoms with van der Waals surface area (Å²) in [5, 5.41) is 3.52. The average molecular weight is 456 g/mol. The molecule has 5 nitrogen and oxygen atoms in total. The second kappa shape index (κ2) is 11.2. The van der Waals surface area contributed by atoms with Crippen LogP contribution in [-0.2, 0) is 11.2 Å². The number of amides is 2. The van der Waals surface area contributed by atoms with Gasteiger partial charge in [0.25, 0.3) is 5.91 Å². The van der Waals surface area contributed by atoms with Crippen LogP contribution in [0.2, 0.25) is 0 Å². The molecule has 2 amide bonds. The first kappa shape index (κ1) is 23.1. The number of aromatic nitrogens is 1. The molecule has 1 N–H and O–H groups in total. The third-order valence-electron chi connectivity index (χ3n) is 5.77. The summed E-state index contributed by atoms with van der Waals surface area (Å²) in [5.41, 5.74) is 3.27. The quantitative estimate of drug-likeness (QED) is 0.274. The zero-order chi connectivity index (χ0) is 23.8. The highest BCUT2D eigenvalue weighted by molar-refractivity contribution is 5.97. The van der Waals surface area contributed by atoms with Crippen LogP contribution in [0, 0.1) is 5.82 Å². The summed E-state index contributed by atoms with van der Waals surface area (Å²) in [4.78, 5) is 30.0. The Morgan fingerprint density at radius 2 is 1.76 bits per heavy atom. The molecule has 1 aromatic heterocycles. The minimum Gasteiger partial charge on any atom is -0.357 e. The molecule has 0 aliphatic heterocycles. The lowest BCUT2D eigenvalue weighted by molar-refractivity contribution is -0.109. The van der Waals surface area contributed by atoms with Crippen LogP contribution in [0.4, 0.5) is 4.39 Å². The van der Waals surface area contributed by atoms with Crippen LogP contribution in [0.1, 0.15) is 22.3 Å². The van der Waals surface area contributed by atoms with Crippen LogP contribution in [-0.4, -0.2) is 41.8 Å². The van der Waals surface area contributed by atoms with Crippen molar-refractivity contribution in [1.82, 2.24) is 15.2 Å². The maximum absolute atomic E-state index is 15.2. The zero-order valence-corrected chi connectivity index (χ0v) is 18.8. The summed E-state index contributed by atoms with van der Waals surface area (Å²) < 4.78 is 15.2. The first-order chi connectivity index (χ1) is 16.7. The number of nitrogens with zero attached hydrogens (tertiary/aromatic N) is 2. The summed E-state index contributed by atoms with van der Waals surface area (Å²) in [5.74, 6) is -0.735. The van der Waals surface area contributed by atoms with Gasteiger partial charge in [-0.2, -0.15) is 0 Å². The summed E-state index contributed by atoms with van der Waals surface area (Å²) in [6, 6.07) is 24.0. The fraction of sp³-hybridized carbons (Fsp3) is 0.179. The van der Waals surface area contributed by atoms with E-state index in [4.69, 9.17) is 0 Å². The first-order valence-corrected chi connectivity index (χ1v) is 11.3. The molecule has 0 atom stereocenters. The summed E-state index contributed by atoms with van der Waals surface area (Å²) in [6.07, 6.45) is 3.88. The van der Waals surface area contributed by atoms with E-state index in [1.54, 1.807) is 23.2 Å². The van der Waals surface area contributed by atoms with Crippen LogP contribution in [0.25, 0.3) is 22.0 Å². The van der Waals surface area contributed by atoms with E-state index in [1.165, 1.54) is 11.6 Å². The van der Waals surface area contributed by atoms with Gasteiger partial charge in [-0.25, -0.2) is 4.39 Å². The molecule has 0 bridgehead atoms. The second-order valence-corrected chi connectivity index (χ2v) is 8.03. The fourth-order valence-electron chi connectivity index (χ4n) is 4.06. The van der Waals surface area contributed by atoms with Gasteiger partial charge in [-0.05, 0) is 36.6 Å². The van der Waals surface area contributed by atoms with Crippen molar-refractivity contribution in [3.8, 4) is 11.1 Å². The third kappa shape index (κ3) is 5.46. The number of pyridine rings is 1. The topological polar surface area (TPSA) is 62.3 Å². The lowest BCUT2D eigenvalue weighted by Gasteiger charge is -2.23. The van der Waals surface area contributed by atoms with E-state index in [2.05, 4.69) is 22.4 Å². The average Bonchev–Trinajstić information content (AvgIpc) is 2.88. The molecular weight excluding hydrogens is 429 g/mol. The predicted octanol–water partition coefficient (Wildman–Crippen LogP) is 4.86. The Balaban J connectivity index is 1.53. The Morgan fingerprint density at radius 1 is 0.941 bits per heavy atom. The van der Waals surface area contributed by atoms with Crippen LogP contribution < -0.4 is 5.32 Å². The van der Waals surface area contributed by atoms with Gasteiger partial charge < -0.3 is 10.2 Å². The van der Waals surface area contributed by atoms with Gasteiger partial charge in [-0.3, -0.25) is 14.6 Å². The molecular formula is C28H26FN3O2. The number of aryl methyl sites for hydroxylation is 1. The van der Waals surface area contributed by atoms with Crippen LogP contribution in [0.5, 0.6) is 0 Å². The number of nitrogens with one attached hydrogen (secondary N) is 1. The van der Waals surface area contributed by atoms with Crippen molar-refractivity contribution in [2.45, 2.75) is 12.8 Å². The minimum atomic E-state index is -0.473. The first-order valence-electron chi connectivity index (χ1n) is 11.3. The Morgan fingerprint density at radius 3 is 2.56 bits per heavy atom. The monoisotopic (exact) mass is 455 g/mol. The zero-order valence-electron chi connectivity index (χ0n) is 18.8. The lowest BCUT2D eigenvalue weighted by atomic mass is 9.99. The number of fused-ring (bicyclic) bond motifs is 1. The van der Waals surface area contributed by atoms with E-state index in [0.29, 0.717) is 42.7 Å². The van der Waals surface area contributed by atoms with Gasteiger partial charge in [0.2, 0.25) is 6.41 Å². The van der Waals surface area contributed by atoms with Crippen molar-refractivity contribution >= 4 is 23.2 Å². The number of halogens is 1. The third-order valence-corrected chi connectivity index (χ3v) is 5.77. The lowest BCUT2D eigenvalue weighted by Crippen LogP contribution is -2.37. The van der Waals surface area contributed by atoms with Crippen molar-refractivity contribution in [1.29, 1.82) is 0 Å². The van der Waals surface area contributed by atoms with Gasteiger partial charge in [-0.15, -0.1) is 0 Å². The van der Waals surface area contributed by atoms with Crippen molar-refractivity contribution in [2.75, 3.05) is 19.6 Å². The van der Waals surface area contributed by atoms with E-state index >= 15 is 4.39 Å². The molecule has 0 fully saturated rings. The number of carbonyl (C=O) groups excluding carboxylic acids is 2. The molecule has 0 saturated carbocycles. The Bertz CT molecular complexity index is 1270. The fourth-order valence-corrected chi connectivity index (χ4v) is 4.06. The van der Waals surface area contributed by atoms with Gasteiger partial charge in [0.05, 0.1) is 5.52 Å². The molecule has 0 aliphatic carbocycles. The number of hydrogen-bond acceptors (Lipinski definition) is 3. The normalized spacial score (nSPS) is 10.7. The van der Waals surface area contributed by atoms with Gasteiger partial charge >= 0.3 is 0 Å². The molecule has 34 heavy (non-hydrogen) atoms. The van der Waals surface area contributed by atoms with Crippen LogP contribution >= 0.6 is 0 Å². The largest absolute Gasteiger partial charge is 0.357 e. The van der Waals surface area contributed by atoms with E-state index in [0.717, 1.165) is 18.2 Å². The molecule has 0 radical (unpaired) electrons. The van der Waals surface area contributed by atoms with Gasteiger partial charge in [0, 0.05) is 47.9 Å². The number of para-hydroxylation sites is 1. The van der Waals surface area contributed by atoms with Gasteiger partial charge in [-0.1, -0.05) is 60.7 Å². The maximum Gasteiger partial charge on any atom is 0.254 e. The highest BCUT2D eigenvalue weighted by Gasteiger charge is 2.18. The molecule has 0 spiro atoms. The van der Waals surface area contributed by atoms with Crippen molar-refractivity contribution in [2.24, 2.45) is 0 Å². The maximum atomic E-state index is 15.2. The molecule has 0 aliphatic rings. The Labute approximate surface area is 198 Å². The molecule has 0 saturated heterocycles. The van der Waals surface area contributed by atoms with E-state index < -0.39 is 5.82 Å². The summed E-state index contributed by atoms with van der Waals surface area (Å²) >= 11 is 0. The minimum absolute atomic E-state index is 0.262. The molecule has 3 aromatic carbocycles. The molecule has 0 unspecified atom stereocenters. The number of benzene rings is 3. The number of carbonyl (C=O) groups is 2. The highest BCUT2D eigenvalue weighted by atomic mass is 19.1. The second-order valence-electron chi connectivity index (χ2n) is 8.03. The Hall–Kier alpha value is -4.06. The molecule has 4 aromatic rings. The highest BCUT2D eigenvalue weighted by Crippen LogP contribution is 2.29. The molecule has 6 heteroatoms. The summed E-state index contributed by atoms with van der Waals surface area (Å²) in [7, 11) is 0. The molecule has 1 heterocycles. The predicted molar refractivity (Wildman–Crippen MR) is 132 cm³/mol. The van der Waals surface area contributed by atoms with Gasteiger partial charge in [0.1, 0.15) is 5.82 Å².